The number of nitrogens with zero attached hydrogens (tertiary/aromatic N) is 1. The molecular weight excluding hydrogens is 413 g/mol. The largest absolute Gasteiger partial charge is 0.378 e. The molecule has 0 aliphatic carbocycles. The summed E-state index contributed by atoms with van der Waals surface area (Å²) in [5.74, 6) is 0. The number of aromatic nitrogens is 1. The number of hydrogen-bond acceptors (Lipinski definition) is 3. The second-order valence-corrected chi connectivity index (χ2v) is 6.93. The highest BCUT2D eigenvalue weighted by Crippen LogP contribution is 2.33. The number of hydrogen-bond donors (Lipinski definition) is 1. The summed E-state index contributed by atoms with van der Waals surface area (Å²) in [6, 6.07) is 3.71. The first-order chi connectivity index (χ1) is 8.06. The van der Waals surface area contributed by atoms with Gasteiger partial charge in [-0.3, -0.25) is 0 Å². The van der Waals surface area contributed by atoms with Crippen LogP contribution in [0, 0.1) is 3.57 Å². The van der Waals surface area contributed by atoms with Crippen LogP contribution in [0.25, 0.3) is 0 Å². The van der Waals surface area contributed by atoms with E-state index in [0.717, 1.165) is 14.1 Å². The van der Waals surface area contributed by atoms with Crippen LogP contribution in [-0.2, 0) is 6.54 Å². The van der Waals surface area contributed by atoms with Crippen LogP contribution in [0.2, 0.25) is 14.5 Å². The third kappa shape index (κ3) is 3.61. The van der Waals surface area contributed by atoms with Gasteiger partial charge in [0.25, 0.3) is 0 Å². The molecule has 0 amide bonds. The first-order valence-corrected chi connectivity index (χ1v) is 7.58. The standard InChI is InChI=1S/C10H6Cl3IN2S/c11-7-1-5(14)2-8(12)9(7)15-3-6-4-16-10(13)17-6/h1-2,4,15H,3H2. The molecule has 2 nitrogen and oxygen atoms in total. The first-order valence-electron chi connectivity index (χ1n) is 4.55. The zero-order valence-electron chi connectivity index (χ0n) is 8.31. The molecule has 0 unspecified atom stereocenters. The molecule has 1 N–H and O–H groups in total. The summed E-state index contributed by atoms with van der Waals surface area (Å²) in [6.07, 6.45) is 1.73. The van der Waals surface area contributed by atoms with E-state index in [4.69, 9.17) is 34.8 Å². The van der Waals surface area contributed by atoms with Gasteiger partial charge in [0.1, 0.15) is 0 Å². The van der Waals surface area contributed by atoms with Crippen molar-refractivity contribution in [2.24, 2.45) is 0 Å². The van der Waals surface area contributed by atoms with Crippen molar-refractivity contribution in [1.82, 2.24) is 4.98 Å². The van der Waals surface area contributed by atoms with Crippen LogP contribution in [0.4, 0.5) is 5.69 Å². The van der Waals surface area contributed by atoms with Gasteiger partial charge in [0.15, 0.2) is 4.47 Å². The van der Waals surface area contributed by atoms with Gasteiger partial charge < -0.3 is 5.32 Å². The Morgan fingerprint density at radius 1 is 1.24 bits per heavy atom. The summed E-state index contributed by atoms with van der Waals surface area (Å²) >= 11 is 21.6. The van der Waals surface area contributed by atoms with Crippen molar-refractivity contribution in [3.63, 3.8) is 0 Å². The van der Waals surface area contributed by atoms with E-state index in [1.807, 2.05) is 12.1 Å². The fraction of sp³-hybridized carbons (Fsp3) is 0.100. The number of benzene rings is 1. The summed E-state index contributed by atoms with van der Waals surface area (Å²) in [5, 5.41) is 4.40. The van der Waals surface area contributed by atoms with Crippen LogP contribution >= 0.6 is 68.7 Å². The molecule has 2 rings (SSSR count). The molecule has 0 radical (unpaired) electrons. The topological polar surface area (TPSA) is 24.9 Å². The van der Waals surface area contributed by atoms with Crippen LogP contribution in [-0.4, -0.2) is 4.98 Å². The Morgan fingerprint density at radius 3 is 2.41 bits per heavy atom. The van der Waals surface area contributed by atoms with Crippen LogP contribution in [0.15, 0.2) is 18.3 Å². The Balaban J connectivity index is 2.14. The van der Waals surface area contributed by atoms with E-state index in [9.17, 15) is 0 Å². The predicted molar refractivity (Wildman–Crippen MR) is 83.6 cm³/mol. The summed E-state index contributed by atoms with van der Waals surface area (Å²) < 4.78 is 1.53. The number of halogens is 4. The monoisotopic (exact) mass is 418 g/mol. The second kappa shape index (κ2) is 5.93. The van der Waals surface area contributed by atoms with Gasteiger partial charge in [-0.05, 0) is 34.7 Å². The van der Waals surface area contributed by atoms with Crippen molar-refractivity contribution >= 4 is 74.4 Å². The highest BCUT2D eigenvalue weighted by molar-refractivity contribution is 14.1. The van der Waals surface area contributed by atoms with E-state index >= 15 is 0 Å². The van der Waals surface area contributed by atoms with E-state index < -0.39 is 0 Å². The van der Waals surface area contributed by atoms with Crippen LogP contribution in [0.1, 0.15) is 4.88 Å². The molecule has 17 heavy (non-hydrogen) atoms. The van der Waals surface area contributed by atoms with Crippen molar-refractivity contribution < 1.29 is 0 Å². The Kier molecular flexibility index (Phi) is 4.77. The third-order valence-electron chi connectivity index (χ3n) is 1.97. The van der Waals surface area contributed by atoms with E-state index in [1.54, 1.807) is 6.20 Å². The summed E-state index contributed by atoms with van der Waals surface area (Å²) in [5.41, 5.74) is 0.735. The molecule has 0 atom stereocenters. The van der Waals surface area contributed by atoms with Crippen LogP contribution in [0.5, 0.6) is 0 Å². The van der Waals surface area contributed by atoms with Gasteiger partial charge in [0.05, 0.1) is 22.3 Å². The summed E-state index contributed by atoms with van der Waals surface area (Å²) in [4.78, 5) is 4.99. The first kappa shape index (κ1) is 13.7. The van der Waals surface area contributed by atoms with Gasteiger partial charge in [-0.25, -0.2) is 4.98 Å². The van der Waals surface area contributed by atoms with Crippen molar-refractivity contribution in [1.29, 1.82) is 0 Å². The number of thiazole rings is 1. The lowest BCUT2D eigenvalue weighted by Gasteiger charge is -2.09. The molecule has 0 spiro atoms. The van der Waals surface area contributed by atoms with Crippen molar-refractivity contribution in [2.45, 2.75) is 6.54 Å². The smallest absolute Gasteiger partial charge is 0.183 e. The molecular formula is C10H6Cl3IN2S. The number of anilines is 1. The van der Waals surface area contributed by atoms with E-state index in [2.05, 4.69) is 32.9 Å². The lowest BCUT2D eigenvalue weighted by molar-refractivity contribution is 1.17. The Morgan fingerprint density at radius 2 is 1.88 bits per heavy atom. The van der Waals surface area contributed by atoms with E-state index in [1.165, 1.54) is 11.3 Å². The van der Waals surface area contributed by atoms with Crippen molar-refractivity contribution in [2.75, 3.05) is 5.32 Å². The Hall–Kier alpha value is 0.250. The third-order valence-corrected chi connectivity index (χ3v) is 4.31. The Bertz CT molecular complexity index is 521. The zero-order chi connectivity index (χ0) is 12.4. The molecule has 0 aliphatic rings. The van der Waals surface area contributed by atoms with Crippen molar-refractivity contribution in [3.05, 3.63) is 41.3 Å². The molecule has 2 aromatic rings. The molecule has 0 bridgehead atoms. The molecule has 0 aliphatic heterocycles. The quantitative estimate of drug-likeness (QED) is 0.681. The lowest BCUT2D eigenvalue weighted by Crippen LogP contribution is -1.99. The molecule has 7 heteroatoms. The van der Waals surface area contributed by atoms with Crippen LogP contribution < -0.4 is 5.32 Å². The molecule has 0 saturated heterocycles. The minimum atomic E-state index is 0.529. The van der Waals surface area contributed by atoms with Gasteiger partial charge in [-0.2, -0.15) is 0 Å². The molecule has 0 fully saturated rings. The second-order valence-electron chi connectivity index (χ2n) is 3.18. The Labute approximate surface area is 131 Å². The maximum Gasteiger partial charge on any atom is 0.183 e. The molecule has 1 heterocycles. The average Bonchev–Trinajstić information content (AvgIpc) is 2.62. The fourth-order valence-corrected chi connectivity index (χ4v) is 3.78. The number of rotatable bonds is 3. The SMILES string of the molecule is Clc1ncc(CNc2c(Cl)cc(I)cc2Cl)s1. The van der Waals surface area contributed by atoms with Gasteiger partial charge in [-0.1, -0.05) is 34.8 Å². The highest BCUT2D eigenvalue weighted by Gasteiger charge is 2.08. The number of nitrogens with one attached hydrogen (secondary N) is 1. The zero-order valence-corrected chi connectivity index (χ0v) is 13.5. The van der Waals surface area contributed by atoms with Crippen LogP contribution in [0.3, 0.4) is 0 Å². The maximum absolute atomic E-state index is 6.12. The summed E-state index contributed by atoms with van der Waals surface area (Å²) in [7, 11) is 0. The average molecular weight is 420 g/mol. The predicted octanol–water partition coefficient (Wildman–Crippen LogP) is 5.32. The minimum Gasteiger partial charge on any atom is -0.378 e. The molecule has 1 aromatic heterocycles. The fourth-order valence-electron chi connectivity index (χ4n) is 1.25. The van der Waals surface area contributed by atoms with Gasteiger partial charge in [0.2, 0.25) is 0 Å². The minimum absolute atomic E-state index is 0.529. The van der Waals surface area contributed by atoms with Crippen molar-refractivity contribution in [3.8, 4) is 0 Å². The van der Waals surface area contributed by atoms with Gasteiger partial charge in [0, 0.05) is 14.6 Å². The molecule has 1 aromatic carbocycles. The lowest BCUT2D eigenvalue weighted by atomic mass is 10.3. The normalized spacial score (nSPS) is 10.6. The van der Waals surface area contributed by atoms with E-state index in [-0.39, 0.29) is 0 Å². The van der Waals surface area contributed by atoms with E-state index in [0.29, 0.717) is 21.1 Å². The van der Waals surface area contributed by atoms with Gasteiger partial charge >= 0.3 is 0 Å². The summed E-state index contributed by atoms with van der Waals surface area (Å²) in [6.45, 7) is 0.602. The van der Waals surface area contributed by atoms with Gasteiger partial charge in [-0.15, -0.1) is 11.3 Å². The molecule has 90 valence electrons. The highest BCUT2D eigenvalue weighted by atomic mass is 127. The maximum atomic E-state index is 6.12. The molecule has 0 saturated carbocycles.